The highest BCUT2D eigenvalue weighted by atomic mass is 127. The Bertz CT molecular complexity index is 334. The first-order chi connectivity index (χ1) is 7.25. The van der Waals surface area contributed by atoms with Crippen LogP contribution < -0.4 is 11.1 Å². The van der Waals surface area contributed by atoms with Crippen molar-refractivity contribution in [3.05, 3.63) is 21.8 Å². The van der Waals surface area contributed by atoms with Crippen LogP contribution in [0.25, 0.3) is 0 Å². The minimum atomic E-state index is 0.857. The van der Waals surface area contributed by atoms with E-state index in [0.29, 0.717) is 0 Å². The summed E-state index contributed by atoms with van der Waals surface area (Å²) >= 11 is 2.28. The van der Waals surface area contributed by atoms with Crippen LogP contribution in [-0.2, 0) is 0 Å². The Kier molecular flexibility index (Phi) is 3.72. The quantitative estimate of drug-likeness (QED) is 0.659. The fourth-order valence-corrected chi connectivity index (χ4v) is 2.40. The van der Waals surface area contributed by atoms with Crippen molar-refractivity contribution in [2.75, 3.05) is 17.6 Å². The van der Waals surface area contributed by atoms with Gasteiger partial charge in [0, 0.05) is 10.1 Å². The number of nitrogens with one attached hydrogen (secondary N) is 1. The van der Waals surface area contributed by atoms with E-state index in [4.69, 9.17) is 5.73 Å². The van der Waals surface area contributed by atoms with Crippen LogP contribution in [0.2, 0.25) is 0 Å². The number of hydrogen-bond donors (Lipinski definition) is 2. The van der Waals surface area contributed by atoms with Gasteiger partial charge in [-0.25, -0.2) is 0 Å². The molecule has 3 heteroatoms. The van der Waals surface area contributed by atoms with Gasteiger partial charge in [0.25, 0.3) is 0 Å². The molecule has 1 aliphatic rings. The lowest BCUT2D eigenvalue weighted by Crippen LogP contribution is -2.16. The Morgan fingerprint density at radius 2 is 2.20 bits per heavy atom. The van der Waals surface area contributed by atoms with Gasteiger partial charge in [0.1, 0.15) is 0 Å². The smallest absolute Gasteiger partial charge is 0.0574 e. The second-order valence-corrected chi connectivity index (χ2v) is 5.49. The van der Waals surface area contributed by atoms with Crippen molar-refractivity contribution in [1.82, 2.24) is 0 Å². The second kappa shape index (κ2) is 5.05. The van der Waals surface area contributed by atoms with Gasteiger partial charge in [0.15, 0.2) is 0 Å². The number of nitrogens with two attached hydrogens (primary N) is 1. The monoisotopic (exact) mass is 316 g/mol. The van der Waals surface area contributed by atoms with Crippen molar-refractivity contribution >= 4 is 34.0 Å². The van der Waals surface area contributed by atoms with Crippen molar-refractivity contribution < 1.29 is 0 Å². The Morgan fingerprint density at radius 3 is 2.80 bits per heavy atom. The zero-order valence-corrected chi connectivity index (χ0v) is 11.0. The van der Waals surface area contributed by atoms with Gasteiger partial charge in [-0.3, -0.25) is 0 Å². The Hall–Kier alpha value is -0.450. The van der Waals surface area contributed by atoms with Crippen molar-refractivity contribution in [2.24, 2.45) is 5.92 Å². The summed E-state index contributed by atoms with van der Waals surface area (Å²) in [6, 6.07) is 6.16. The number of rotatable bonds is 4. The molecule has 2 nitrogen and oxygen atoms in total. The van der Waals surface area contributed by atoms with Crippen LogP contribution in [-0.4, -0.2) is 6.54 Å². The average molecular weight is 316 g/mol. The van der Waals surface area contributed by atoms with Crippen molar-refractivity contribution in [3.8, 4) is 0 Å². The van der Waals surface area contributed by atoms with Gasteiger partial charge in [-0.1, -0.05) is 19.3 Å². The van der Waals surface area contributed by atoms with Crippen LogP contribution in [0, 0.1) is 9.49 Å². The fraction of sp³-hybridized carbons (Fsp3) is 0.500. The normalized spacial score (nSPS) is 16.1. The van der Waals surface area contributed by atoms with Gasteiger partial charge >= 0.3 is 0 Å². The van der Waals surface area contributed by atoms with E-state index in [9.17, 15) is 0 Å². The molecule has 15 heavy (non-hydrogen) atoms. The first kappa shape index (κ1) is 11.0. The first-order valence-corrected chi connectivity index (χ1v) is 6.62. The number of halogens is 1. The molecule has 0 spiro atoms. The molecule has 0 saturated heterocycles. The fourth-order valence-electron chi connectivity index (χ4n) is 1.89. The molecule has 2 rings (SSSR count). The van der Waals surface area contributed by atoms with Crippen molar-refractivity contribution in [2.45, 2.75) is 25.7 Å². The first-order valence-electron chi connectivity index (χ1n) is 5.54. The summed E-state index contributed by atoms with van der Waals surface area (Å²) < 4.78 is 1.19. The molecule has 0 amide bonds. The molecule has 0 atom stereocenters. The maximum Gasteiger partial charge on any atom is 0.0574 e. The number of nitrogen functional groups attached to an aromatic ring is 1. The van der Waals surface area contributed by atoms with Crippen LogP contribution in [0.1, 0.15) is 25.7 Å². The van der Waals surface area contributed by atoms with Crippen LogP contribution in [0.15, 0.2) is 18.2 Å². The molecule has 0 heterocycles. The van der Waals surface area contributed by atoms with Gasteiger partial charge in [-0.15, -0.1) is 0 Å². The summed E-state index contributed by atoms with van der Waals surface area (Å²) in [6.07, 6.45) is 5.55. The van der Waals surface area contributed by atoms with E-state index in [-0.39, 0.29) is 0 Å². The van der Waals surface area contributed by atoms with E-state index in [1.807, 2.05) is 6.07 Å². The summed E-state index contributed by atoms with van der Waals surface area (Å²) in [7, 11) is 0. The largest absolute Gasteiger partial charge is 0.397 e. The molecule has 1 aliphatic carbocycles. The van der Waals surface area contributed by atoms with Crippen LogP contribution in [0.3, 0.4) is 0 Å². The molecule has 1 aromatic rings. The molecule has 0 unspecified atom stereocenters. The topological polar surface area (TPSA) is 38.0 Å². The number of anilines is 2. The lowest BCUT2D eigenvalue weighted by Gasteiger charge is -2.25. The SMILES string of the molecule is Nc1cc(I)ccc1NCCC1CCC1. The van der Waals surface area contributed by atoms with Gasteiger partial charge < -0.3 is 11.1 Å². The molecule has 0 aromatic heterocycles. The Labute approximate surface area is 105 Å². The molecule has 1 fully saturated rings. The predicted molar refractivity (Wildman–Crippen MR) is 74.0 cm³/mol. The summed E-state index contributed by atoms with van der Waals surface area (Å²) in [4.78, 5) is 0. The van der Waals surface area contributed by atoms with E-state index in [0.717, 1.165) is 23.8 Å². The van der Waals surface area contributed by atoms with E-state index in [1.54, 1.807) is 0 Å². The van der Waals surface area contributed by atoms with Gasteiger partial charge in [0.05, 0.1) is 11.4 Å². The third-order valence-corrected chi connectivity index (χ3v) is 3.78. The molecular formula is C12H17IN2. The third-order valence-electron chi connectivity index (χ3n) is 3.11. The zero-order chi connectivity index (χ0) is 10.7. The standard InChI is InChI=1S/C12H17IN2/c13-10-4-5-12(11(14)8-10)15-7-6-9-2-1-3-9/h4-5,8-9,15H,1-3,6-7,14H2. The highest BCUT2D eigenvalue weighted by Crippen LogP contribution is 2.29. The average Bonchev–Trinajstić information content (AvgIpc) is 2.12. The maximum atomic E-state index is 5.92. The Morgan fingerprint density at radius 1 is 1.40 bits per heavy atom. The molecule has 82 valence electrons. The second-order valence-electron chi connectivity index (χ2n) is 4.24. The zero-order valence-electron chi connectivity index (χ0n) is 8.80. The van der Waals surface area contributed by atoms with Crippen molar-refractivity contribution in [3.63, 3.8) is 0 Å². The van der Waals surface area contributed by atoms with Crippen LogP contribution >= 0.6 is 22.6 Å². The molecule has 0 bridgehead atoms. The van der Waals surface area contributed by atoms with Crippen molar-refractivity contribution in [1.29, 1.82) is 0 Å². The number of benzene rings is 1. The molecule has 1 saturated carbocycles. The van der Waals surface area contributed by atoms with E-state index in [2.05, 4.69) is 40.0 Å². The van der Waals surface area contributed by atoms with Gasteiger partial charge in [-0.2, -0.15) is 0 Å². The predicted octanol–water partition coefficient (Wildman–Crippen LogP) is 3.48. The van der Waals surface area contributed by atoms with Crippen LogP contribution in [0.4, 0.5) is 11.4 Å². The lowest BCUT2D eigenvalue weighted by molar-refractivity contribution is 0.303. The molecular weight excluding hydrogens is 299 g/mol. The summed E-state index contributed by atoms with van der Waals surface area (Å²) in [5.41, 5.74) is 7.85. The molecule has 0 aliphatic heterocycles. The highest BCUT2D eigenvalue weighted by Gasteiger charge is 2.16. The highest BCUT2D eigenvalue weighted by molar-refractivity contribution is 14.1. The van der Waals surface area contributed by atoms with E-state index in [1.165, 1.54) is 29.3 Å². The Balaban J connectivity index is 1.81. The lowest BCUT2D eigenvalue weighted by atomic mass is 9.83. The summed E-state index contributed by atoms with van der Waals surface area (Å²) in [5.74, 6) is 0.961. The molecule has 1 aromatic carbocycles. The van der Waals surface area contributed by atoms with E-state index >= 15 is 0 Å². The van der Waals surface area contributed by atoms with E-state index < -0.39 is 0 Å². The maximum absolute atomic E-state index is 5.92. The minimum absolute atomic E-state index is 0.857. The van der Waals surface area contributed by atoms with Crippen LogP contribution in [0.5, 0.6) is 0 Å². The number of hydrogen-bond acceptors (Lipinski definition) is 2. The minimum Gasteiger partial charge on any atom is -0.397 e. The van der Waals surface area contributed by atoms with Gasteiger partial charge in [-0.05, 0) is 53.1 Å². The summed E-state index contributed by atoms with van der Waals surface area (Å²) in [6.45, 7) is 1.05. The molecule has 3 N–H and O–H groups in total. The third kappa shape index (κ3) is 3.00. The summed E-state index contributed by atoms with van der Waals surface area (Å²) in [5, 5.41) is 3.41. The molecule has 0 radical (unpaired) electrons. The van der Waals surface area contributed by atoms with Gasteiger partial charge in [0.2, 0.25) is 0 Å².